The van der Waals surface area contributed by atoms with Gasteiger partial charge < -0.3 is 4.98 Å². The lowest BCUT2D eigenvalue weighted by molar-refractivity contribution is 0.150. The van der Waals surface area contributed by atoms with Crippen LogP contribution < -0.4 is 5.56 Å². The zero-order chi connectivity index (χ0) is 9.30. The molecule has 0 aliphatic heterocycles. The number of rotatable bonds is 1. The maximum atomic E-state index is 12.2. The molecule has 0 saturated carbocycles. The number of H-pyrrole nitrogens is 1. The Kier molecular flexibility index (Phi) is 2.62. The number of alkyl halides is 2. The predicted octanol–water partition coefficient (Wildman–Crippen LogP) is 2.38. The summed E-state index contributed by atoms with van der Waals surface area (Å²) in [6.07, 6.45) is -2.56. The van der Waals surface area contributed by atoms with Gasteiger partial charge in [0.25, 0.3) is 12.0 Å². The molecule has 0 saturated heterocycles. The van der Waals surface area contributed by atoms with Crippen LogP contribution in [-0.2, 0) is 0 Å². The van der Waals surface area contributed by atoms with Crippen molar-refractivity contribution in [3.05, 3.63) is 32.2 Å². The monoisotopic (exact) mass is 237 g/mol. The lowest BCUT2D eigenvalue weighted by Crippen LogP contribution is -2.10. The molecule has 0 amide bonds. The highest BCUT2D eigenvalue weighted by molar-refractivity contribution is 9.10. The molecule has 0 atom stereocenters. The van der Waals surface area contributed by atoms with Crippen molar-refractivity contribution in [3.8, 4) is 0 Å². The largest absolute Gasteiger partial charge is 0.325 e. The Morgan fingerprint density at radius 1 is 1.58 bits per heavy atom. The number of aromatic amines is 1. The fourth-order valence-corrected chi connectivity index (χ4v) is 1.18. The van der Waals surface area contributed by atoms with Crippen LogP contribution >= 0.6 is 15.9 Å². The number of aromatic nitrogens is 1. The standard InChI is InChI=1S/C7H6BrF2NO/c1-3-4(6(9)10)2-5(8)7(12)11-3/h2,6H,1H3,(H,11,12). The number of pyridine rings is 1. The molecular formula is C7H6BrF2NO. The molecule has 1 heterocycles. The third-order valence-electron chi connectivity index (χ3n) is 1.47. The SMILES string of the molecule is Cc1[nH]c(=O)c(Br)cc1C(F)F. The van der Waals surface area contributed by atoms with E-state index in [-0.39, 0.29) is 15.7 Å². The molecular weight excluding hydrogens is 232 g/mol. The van der Waals surface area contributed by atoms with Crippen molar-refractivity contribution in [3.63, 3.8) is 0 Å². The predicted molar refractivity (Wildman–Crippen MR) is 44.5 cm³/mol. The second-order valence-corrected chi connectivity index (χ2v) is 3.18. The van der Waals surface area contributed by atoms with Gasteiger partial charge in [-0.05, 0) is 28.9 Å². The van der Waals surface area contributed by atoms with E-state index >= 15 is 0 Å². The van der Waals surface area contributed by atoms with Crippen LogP contribution in [0.2, 0.25) is 0 Å². The summed E-state index contributed by atoms with van der Waals surface area (Å²) >= 11 is 2.87. The van der Waals surface area contributed by atoms with Crippen molar-refractivity contribution in [1.29, 1.82) is 0 Å². The molecule has 12 heavy (non-hydrogen) atoms. The molecule has 2 nitrogen and oxygen atoms in total. The molecule has 0 radical (unpaired) electrons. The van der Waals surface area contributed by atoms with Crippen molar-refractivity contribution in [2.75, 3.05) is 0 Å². The highest BCUT2D eigenvalue weighted by Gasteiger charge is 2.12. The van der Waals surface area contributed by atoms with Crippen LogP contribution in [0.1, 0.15) is 17.7 Å². The van der Waals surface area contributed by atoms with Crippen molar-refractivity contribution in [1.82, 2.24) is 4.98 Å². The van der Waals surface area contributed by atoms with Crippen molar-refractivity contribution >= 4 is 15.9 Å². The van der Waals surface area contributed by atoms with Crippen LogP contribution in [0.25, 0.3) is 0 Å². The highest BCUT2D eigenvalue weighted by atomic mass is 79.9. The summed E-state index contributed by atoms with van der Waals surface area (Å²) in [6, 6.07) is 1.14. The van der Waals surface area contributed by atoms with Gasteiger partial charge in [-0.3, -0.25) is 4.79 Å². The first-order valence-electron chi connectivity index (χ1n) is 3.20. The summed E-state index contributed by atoms with van der Waals surface area (Å²) in [7, 11) is 0. The second kappa shape index (κ2) is 3.35. The molecule has 66 valence electrons. The van der Waals surface area contributed by atoms with Gasteiger partial charge in [-0.25, -0.2) is 8.78 Å². The lowest BCUT2D eigenvalue weighted by Gasteiger charge is -2.03. The lowest BCUT2D eigenvalue weighted by atomic mass is 10.2. The Labute approximate surface area is 75.7 Å². The van der Waals surface area contributed by atoms with Crippen molar-refractivity contribution in [2.24, 2.45) is 0 Å². The van der Waals surface area contributed by atoms with Gasteiger partial charge in [-0.2, -0.15) is 0 Å². The number of halogens is 3. The van der Waals surface area contributed by atoms with Gasteiger partial charge in [0.15, 0.2) is 0 Å². The molecule has 0 spiro atoms. The molecule has 0 aromatic carbocycles. The Bertz CT molecular complexity index is 348. The van der Waals surface area contributed by atoms with Crippen LogP contribution in [0.5, 0.6) is 0 Å². The van der Waals surface area contributed by atoms with Gasteiger partial charge in [0.1, 0.15) is 0 Å². The summed E-state index contributed by atoms with van der Waals surface area (Å²) in [6.45, 7) is 1.44. The van der Waals surface area contributed by atoms with Gasteiger partial charge in [-0.15, -0.1) is 0 Å². The van der Waals surface area contributed by atoms with Crippen LogP contribution in [0.4, 0.5) is 8.78 Å². The Balaban J connectivity index is 3.33. The first-order chi connectivity index (χ1) is 5.52. The second-order valence-electron chi connectivity index (χ2n) is 2.33. The molecule has 1 aromatic rings. The van der Waals surface area contributed by atoms with Crippen LogP contribution in [0.3, 0.4) is 0 Å². The summed E-state index contributed by atoms with van der Waals surface area (Å²) in [4.78, 5) is 13.2. The normalized spacial score (nSPS) is 10.8. The van der Waals surface area contributed by atoms with Gasteiger partial charge in [0, 0.05) is 11.3 Å². The Hall–Kier alpha value is -0.710. The van der Waals surface area contributed by atoms with E-state index in [1.54, 1.807) is 0 Å². The van der Waals surface area contributed by atoms with E-state index in [4.69, 9.17) is 0 Å². The minimum absolute atomic E-state index is 0.128. The number of hydrogen-bond donors (Lipinski definition) is 1. The van der Waals surface area contributed by atoms with E-state index in [0.29, 0.717) is 0 Å². The number of nitrogens with one attached hydrogen (secondary N) is 1. The van der Waals surface area contributed by atoms with E-state index in [0.717, 1.165) is 6.07 Å². The molecule has 1 N–H and O–H groups in total. The van der Waals surface area contributed by atoms with Crippen molar-refractivity contribution in [2.45, 2.75) is 13.3 Å². The topological polar surface area (TPSA) is 32.9 Å². The van der Waals surface area contributed by atoms with Crippen LogP contribution in [0, 0.1) is 6.92 Å². The summed E-state index contributed by atoms with van der Waals surface area (Å²) in [5, 5.41) is 0. The van der Waals surface area contributed by atoms with E-state index in [9.17, 15) is 13.6 Å². The van der Waals surface area contributed by atoms with Crippen LogP contribution in [0.15, 0.2) is 15.3 Å². The summed E-state index contributed by atoms with van der Waals surface area (Å²) in [5.74, 6) is 0. The first kappa shape index (κ1) is 9.38. The summed E-state index contributed by atoms with van der Waals surface area (Å²) < 4.78 is 24.5. The number of aryl methyl sites for hydroxylation is 1. The zero-order valence-electron chi connectivity index (χ0n) is 6.20. The number of hydrogen-bond acceptors (Lipinski definition) is 1. The minimum Gasteiger partial charge on any atom is -0.325 e. The molecule has 0 aliphatic carbocycles. The molecule has 1 rings (SSSR count). The first-order valence-corrected chi connectivity index (χ1v) is 3.99. The van der Waals surface area contributed by atoms with Gasteiger partial charge >= 0.3 is 0 Å². The van der Waals surface area contributed by atoms with Crippen LogP contribution in [-0.4, -0.2) is 4.98 Å². The molecule has 0 aliphatic rings. The fourth-order valence-electron chi connectivity index (χ4n) is 0.839. The average Bonchev–Trinajstić information content (AvgIpc) is 1.96. The zero-order valence-corrected chi connectivity index (χ0v) is 7.78. The average molecular weight is 238 g/mol. The molecule has 1 aromatic heterocycles. The van der Waals surface area contributed by atoms with E-state index in [2.05, 4.69) is 20.9 Å². The molecule has 0 fully saturated rings. The maximum absolute atomic E-state index is 12.2. The summed E-state index contributed by atoms with van der Waals surface area (Å²) in [5.41, 5.74) is -0.337. The molecule has 0 unspecified atom stereocenters. The quantitative estimate of drug-likeness (QED) is 0.800. The third kappa shape index (κ3) is 1.72. The maximum Gasteiger partial charge on any atom is 0.265 e. The highest BCUT2D eigenvalue weighted by Crippen LogP contribution is 2.22. The Morgan fingerprint density at radius 3 is 2.67 bits per heavy atom. The molecule has 5 heteroatoms. The fraction of sp³-hybridized carbons (Fsp3) is 0.286. The third-order valence-corrected chi connectivity index (χ3v) is 2.06. The van der Waals surface area contributed by atoms with E-state index in [1.165, 1.54) is 6.92 Å². The van der Waals surface area contributed by atoms with E-state index in [1.807, 2.05) is 0 Å². The smallest absolute Gasteiger partial charge is 0.265 e. The van der Waals surface area contributed by atoms with Gasteiger partial charge in [-0.1, -0.05) is 0 Å². The Morgan fingerprint density at radius 2 is 2.17 bits per heavy atom. The van der Waals surface area contributed by atoms with Gasteiger partial charge in [0.2, 0.25) is 0 Å². The van der Waals surface area contributed by atoms with Gasteiger partial charge in [0.05, 0.1) is 4.47 Å². The van der Waals surface area contributed by atoms with Crippen molar-refractivity contribution < 1.29 is 8.78 Å². The molecule has 0 bridgehead atoms. The van der Waals surface area contributed by atoms with E-state index < -0.39 is 12.0 Å². The minimum atomic E-state index is -2.56.